The van der Waals surface area contributed by atoms with Crippen LogP contribution in [0.3, 0.4) is 0 Å². The Bertz CT molecular complexity index is 331. The van der Waals surface area contributed by atoms with Crippen LogP contribution in [0.2, 0.25) is 0 Å². The summed E-state index contributed by atoms with van der Waals surface area (Å²) in [7, 11) is 0. The molecule has 1 heteroatoms. The first-order chi connectivity index (χ1) is 6.80. The molecular formula is C14H23N. The van der Waals surface area contributed by atoms with Gasteiger partial charge in [0.15, 0.2) is 0 Å². The van der Waals surface area contributed by atoms with Crippen LogP contribution in [0, 0.1) is 5.41 Å². The van der Waals surface area contributed by atoms with Gasteiger partial charge in [0, 0.05) is 17.3 Å². The van der Waals surface area contributed by atoms with E-state index < -0.39 is 0 Å². The van der Waals surface area contributed by atoms with E-state index in [1.54, 1.807) is 0 Å². The minimum absolute atomic E-state index is 0.111. The van der Waals surface area contributed by atoms with E-state index in [-0.39, 0.29) is 10.8 Å². The summed E-state index contributed by atoms with van der Waals surface area (Å²) in [6.45, 7) is 13.6. The van der Waals surface area contributed by atoms with Gasteiger partial charge in [-0.05, 0) is 23.5 Å². The highest BCUT2D eigenvalue weighted by Gasteiger charge is 2.36. The van der Waals surface area contributed by atoms with Crippen molar-refractivity contribution in [3.63, 3.8) is 0 Å². The van der Waals surface area contributed by atoms with Crippen LogP contribution in [0.25, 0.3) is 0 Å². The van der Waals surface area contributed by atoms with Crippen molar-refractivity contribution in [1.82, 2.24) is 4.98 Å². The van der Waals surface area contributed by atoms with Crippen LogP contribution in [0.1, 0.15) is 52.8 Å². The third kappa shape index (κ3) is 2.22. The van der Waals surface area contributed by atoms with Gasteiger partial charge in [0.2, 0.25) is 0 Å². The maximum Gasteiger partial charge on any atom is 0.0496 e. The molecule has 0 atom stereocenters. The van der Waals surface area contributed by atoms with Crippen LogP contribution in [-0.4, -0.2) is 4.98 Å². The fraction of sp³-hybridized carbons (Fsp3) is 0.643. The highest BCUT2D eigenvalue weighted by atomic mass is 14.7. The highest BCUT2D eigenvalue weighted by Crippen LogP contribution is 2.41. The Labute approximate surface area is 93.9 Å². The zero-order valence-electron chi connectivity index (χ0n) is 10.9. The molecule has 84 valence electrons. The predicted octanol–water partition coefficient (Wildman–Crippen LogP) is 3.97. The predicted molar refractivity (Wildman–Crippen MR) is 66.1 cm³/mol. The molecule has 1 aromatic heterocycles. The molecule has 0 aliphatic heterocycles. The lowest BCUT2D eigenvalue weighted by Gasteiger charge is -2.39. The second-order valence-electron chi connectivity index (χ2n) is 5.74. The molecule has 1 heterocycles. The van der Waals surface area contributed by atoms with Gasteiger partial charge in [-0.15, -0.1) is 0 Å². The van der Waals surface area contributed by atoms with Gasteiger partial charge in [0.1, 0.15) is 0 Å². The molecule has 1 aromatic rings. The summed E-state index contributed by atoms with van der Waals surface area (Å²) < 4.78 is 0. The van der Waals surface area contributed by atoms with Crippen molar-refractivity contribution in [2.24, 2.45) is 5.41 Å². The minimum atomic E-state index is 0.111. The highest BCUT2D eigenvalue weighted by molar-refractivity contribution is 5.28. The fourth-order valence-corrected chi connectivity index (χ4v) is 1.64. The molecule has 0 unspecified atom stereocenters. The number of rotatable bonds is 2. The molecule has 0 aliphatic carbocycles. The SMILES string of the molecule is CCc1cccnc1C(C)(C)C(C)(C)C. The molecule has 0 amide bonds. The maximum atomic E-state index is 4.59. The zero-order chi connectivity index (χ0) is 11.7. The molecule has 0 aliphatic rings. The van der Waals surface area contributed by atoms with Crippen molar-refractivity contribution in [3.05, 3.63) is 29.6 Å². The molecular weight excluding hydrogens is 182 g/mol. The average molecular weight is 205 g/mol. The molecule has 0 saturated heterocycles. The van der Waals surface area contributed by atoms with E-state index in [0.717, 1.165) is 6.42 Å². The monoisotopic (exact) mass is 205 g/mol. The van der Waals surface area contributed by atoms with E-state index in [1.165, 1.54) is 11.3 Å². The molecule has 15 heavy (non-hydrogen) atoms. The summed E-state index contributed by atoms with van der Waals surface area (Å²) in [4.78, 5) is 4.59. The third-order valence-corrected chi connectivity index (χ3v) is 3.74. The van der Waals surface area contributed by atoms with Crippen LogP contribution < -0.4 is 0 Å². The lowest BCUT2D eigenvalue weighted by Crippen LogP contribution is -2.35. The molecule has 0 aromatic carbocycles. The Morgan fingerprint density at radius 3 is 2.20 bits per heavy atom. The topological polar surface area (TPSA) is 12.9 Å². The summed E-state index contributed by atoms with van der Waals surface area (Å²) in [5, 5.41) is 0. The standard InChI is InChI=1S/C14H23N/c1-7-11-9-8-10-15-12(11)14(5,6)13(2,3)4/h8-10H,7H2,1-6H3. The lowest BCUT2D eigenvalue weighted by molar-refractivity contribution is 0.218. The first-order valence-corrected chi connectivity index (χ1v) is 5.75. The third-order valence-electron chi connectivity index (χ3n) is 3.74. The molecule has 1 rings (SSSR count). The molecule has 0 saturated carbocycles. The molecule has 0 fully saturated rings. The van der Waals surface area contributed by atoms with E-state index in [1.807, 2.05) is 12.3 Å². The lowest BCUT2D eigenvalue weighted by atomic mass is 9.66. The number of hydrogen-bond donors (Lipinski definition) is 0. The molecule has 0 radical (unpaired) electrons. The van der Waals surface area contributed by atoms with Crippen molar-refractivity contribution in [2.45, 2.75) is 53.4 Å². The second kappa shape index (κ2) is 3.96. The van der Waals surface area contributed by atoms with Gasteiger partial charge >= 0.3 is 0 Å². The second-order valence-corrected chi connectivity index (χ2v) is 5.74. The first kappa shape index (κ1) is 12.2. The van der Waals surface area contributed by atoms with E-state index >= 15 is 0 Å². The fourth-order valence-electron chi connectivity index (χ4n) is 1.64. The number of aryl methyl sites for hydroxylation is 1. The van der Waals surface area contributed by atoms with Gasteiger partial charge < -0.3 is 0 Å². The summed E-state index contributed by atoms with van der Waals surface area (Å²) in [6, 6.07) is 4.22. The molecule has 0 bridgehead atoms. The normalized spacial score (nSPS) is 12.9. The van der Waals surface area contributed by atoms with Crippen LogP contribution in [0.4, 0.5) is 0 Å². The van der Waals surface area contributed by atoms with Gasteiger partial charge in [-0.1, -0.05) is 47.6 Å². The van der Waals surface area contributed by atoms with Crippen LogP contribution in [-0.2, 0) is 11.8 Å². The molecule has 1 nitrogen and oxygen atoms in total. The van der Waals surface area contributed by atoms with Crippen LogP contribution in [0.15, 0.2) is 18.3 Å². The smallest absolute Gasteiger partial charge is 0.0496 e. The van der Waals surface area contributed by atoms with E-state index in [0.29, 0.717) is 0 Å². The van der Waals surface area contributed by atoms with E-state index in [2.05, 4.69) is 52.6 Å². The first-order valence-electron chi connectivity index (χ1n) is 5.75. The van der Waals surface area contributed by atoms with Crippen LogP contribution in [0.5, 0.6) is 0 Å². The summed E-state index contributed by atoms with van der Waals surface area (Å²) in [5.74, 6) is 0. The van der Waals surface area contributed by atoms with Crippen molar-refractivity contribution < 1.29 is 0 Å². The van der Waals surface area contributed by atoms with Gasteiger partial charge in [-0.3, -0.25) is 4.98 Å². The quantitative estimate of drug-likeness (QED) is 0.712. The average Bonchev–Trinajstić information content (AvgIpc) is 2.16. The minimum Gasteiger partial charge on any atom is -0.260 e. The largest absolute Gasteiger partial charge is 0.260 e. The van der Waals surface area contributed by atoms with E-state index in [4.69, 9.17) is 0 Å². The zero-order valence-corrected chi connectivity index (χ0v) is 10.9. The molecule has 0 N–H and O–H groups in total. The summed E-state index contributed by atoms with van der Waals surface area (Å²) in [5.41, 5.74) is 2.96. The van der Waals surface area contributed by atoms with Crippen molar-refractivity contribution >= 4 is 0 Å². The van der Waals surface area contributed by atoms with Crippen molar-refractivity contribution in [3.8, 4) is 0 Å². The maximum absolute atomic E-state index is 4.59. The Morgan fingerprint density at radius 1 is 1.13 bits per heavy atom. The van der Waals surface area contributed by atoms with Gasteiger partial charge in [-0.25, -0.2) is 0 Å². The van der Waals surface area contributed by atoms with Crippen LogP contribution >= 0.6 is 0 Å². The van der Waals surface area contributed by atoms with Gasteiger partial charge in [0.25, 0.3) is 0 Å². The summed E-state index contributed by atoms with van der Waals surface area (Å²) >= 11 is 0. The number of hydrogen-bond acceptors (Lipinski definition) is 1. The Morgan fingerprint density at radius 2 is 1.73 bits per heavy atom. The molecule has 0 spiro atoms. The van der Waals surface area contributed by atoms with Crippen molar-refractivity contribution in [1.29, 1.82) is 0 Å². The van der Waals surface area contributed by atoms with Crippen molar-refractivity contribution in [2.75, 3.05) is 0 Å². The Hall–Kier alpha value is -0.850. The number of nitrogens with zero attached hydrogens (tertiary/aromatic N) is 1. The van der Waals surface area contributed by atoms with Gasteiger partial charge in [-0.2, -0.15) is 0 Å². The number of pyridine rings is 1. The van der Waals surface area contributed by atoms with Gasteiger partial charge in [0.05, 0.1) is 0 Å². The number of aromatic nitrogens is 1. The van der Waals surface area contributed by atoms with E-state index in [9.17, 15) is 0 Å². The Kier molecular flexibility index (Phi) is 3.22. The summed E-state index contributed by atoms with van der Waals surface area (Å²) in [6.07, 6.45) is 2.96. The Balaban J connectivity index is 3.26.